The Hall–Kier alpha value is -0.940. The maximum absolute atomic E-state index is 6.90. The summed E-state index contributed by atoms with van der Waals surface area (Å²) >= 11 is 0. The van der Waals surface area contributed by atoms with E-state index in [4.69, 9.17) is 10.5 Å². The van der Waals surface area contributed by atoms with Crippen LogP contribution in [0.3, 0.4) is 0 Å². The molecule has 0 radical (unpaired) electrons. The van der Waals surface area contributed by atoms with Crippen molar-refractivity contribution in [3.05, 3.63) is 35.9 Å². The first kappa shape index (κ1) is 13.1. The normalized spacial score (nSPS) is 11.4. The molecular formula is C10H16O4. The Morgan fingerprint density at radius 3 is 2.00 bits per heavy atom. The Balaban J connectivity index is 0.000000364. The highest BCUT2D eigenvalue weighted by Crippen LogP contribution is 2.16. The summed E-state index contributed by atoms with van der Waals surface area (Å²) in [6.07, 6.45) is 1.23. The van der Waals surface area contributed by atoms with Crippen LogP contribution in [0.5, 0.6) is 0 Å². The quantitative estimate of drug-likeness (QED) is 0.581. The second kappa shape index (κ2) is 8.65. The zero-order valence-corrected chi connectivity index (χ0v) is 8.38. The molecule has 14 heavy (non-hydrogen) atoms. The molecule has 0 saturated carbocycles. The van der Waals surface area contributed by atoms with E-state index in [0.29, 0.717) is 5.92 Å². The average Bonchev–Trinajstić information content (AvgIpc) is 2.29. The SMILES string of the molecule is CCC(C)c1ccccc1.OOOO. The molecular weight excluding hydrogens is 184 g/mol. The molecule has 1 aromatic rings. The van der Waals surface area contributed by atoms with Crippen LogP contribution < -0.4 is 0 Å². The minimum absolute atomic E-state index is 0.709. The summed E-state index contributed by atoms with van der Waals surface area (Å²) < 4.78 is 0. The van der Waals surface area contributed by atoms with E-state index in [1.807, 2.05) is 0 Å². The second-order valence-corrected chi connectivity index (χ2v) is 2.87. The van der Waals surface area contributed by atoms with Gasteiger partial charge >= 0.3 is 0 Å². The highest BCUT2D eigenvalue weighted by molar-refractivity contribution is 5.18. The number of benzene rings is 1. The topological polar surface area (TPSA) is 58.9 Å². The van der Waals surface area contributed by atoms with Gasteiger partial charge in [-0.3, -0.25) is 0 Å². The van der Waals surface area contributed by atoms with Crippen molar-refractivity contribution in [1.29, 1.82) is 0 Å². The van der Waals surface area contributed by atoms with Gasteiger partial charge in [-0.1, -0.05) is 44.2 Å². The van der Waals surface area contributed by atoms with Crippen molar-refractivity contribution in [1.82, 2.24) is 0 Å². The summed E-state index contributed by atoms with van der Waals surface area (Å²) in [4.78, 5) is 0. The van der Waals surface area contributed by atoms with Crippen LogP contribution in [0.25, 0.3) is 0 Å². The molecule has 1 aromatic carbocycles. The Morgan fingerprint density at radius 2 is 1.64 bits per heavy atom. The van der Waals surface area contributed by atoms with Gasteiger partial charge in [0.2, 0.25) is 0 Å². The van der Waals surface area contributed by atoms with Gasteiger partial charge in [0, 0.05) is 0 Å². The van der Waals surface area contributed by atoms with E-state index in [-0.39, 0.29) is 0 Å². The molecule has 2 N–H and O–H groups in total. The summed E-state index contributed by atoms with van der Waals surface area (Å²) in [5, 5.41) is 19.0. The van der Waals surface area contributed by atoms with Gasteiger partial charge in [-0.2, -0.15) is 0 Å². The van der Waals surface area contributed by atoms with Crippen molar-refractivity contribution in [2.45, 2.75) is 26.2 Å². The molecule has 0 aliphatic heterocycles. The molecule has 0 aliphatic carbocycles. The molecule has 0 aromatic heterocycles. The van der Waals surface area contributed by atoms with Crippen LogP contribution in [0.1, 0.15) is 31.7 Å². The standard InChI is InChI=1S/C10H14.H2O4/c1-3-9(2)10-7-5-4-6-8-10;1-3-4-2/h4-9H,3H2,1-2H3;1-2H. The van der Waals surface area contributed by atoms with Crippen LogP contribution in [0.4, 0.5) is 0 Å². The maximum atomic E-state index is 6.90. The summed E-state index contributed by atoms with van der Waals surface area (Å²) in [6.45, 7) is 4.48. The van der Waals surface area contributed by atoms with Crippen LogP contribution in [0.2, 0.25) is 0 Å². The van der Waals surface area contributed by atoms with Gasteiger partial charge in [-0.25, -0.2) is 10.5 Å². The first-order valence-corrected chi connectivity index (χ1v) is 4.42. The lowest BCUT2D eigenvalue weighted by molar-refractivity contribution is -0.611. The van der Waals surface area contributed by atoms with Crippen molar-refractivity contribution < 1.29 is 20.6 Å². The second-order valence-electron chi connectivity index (χ2n) is 2.87. The summed E-state index contributed by atoms with van der Waals surface area (Å²) in [5.74, 6) is 0.709. The Morgan fingerprint density at radius 1 is 1.14 bits per heavy atom. The Labute approximate surface area is 83.5 Å². The predicted molar refractivity (Wildman–Crippen MR) is 52.6 cm³/mol. The van der Waals surface area contributed by atoms with E-state index >= 15 is 0 Å². The lowest BCUT2D eigenvalue weighted by Crippen LogP contribution is -1.88. The fourth-order valence-corrected chi connectivity index (χ4v) is 1.02. The molecule has 0 spiro atoms. The van der Waals surface area contributed by atoms with Gasteiger partial charge in [0.1, 0.15) is 0 Å². The van der Waals surface area contributed by atoms with Crippen molar-refractivity contribution >= 4 is 0 Å². The number of rotatable bonds is 3. The van der Waals surface area contributed by atoms with Crippen LogP contribution in [-0.2, 0) is 10.1 Å². The van der Waals surface area contributed by atoms with E-state index in [1.54, 1.807) is 0 Å². The van der Waals surface area contributed by atoms with E-state index in [2.05, 4.69) is 54.3 Å². The zero-order chi connectivity index (χ0) is 10.8. The molecule has 0 saturated heterocycles. The maximum Gasteiger partial charge on any atom is -0.0193 e. The van der Waals surface area contributed by atoms with E-state index in [1.165, 1.54) is 12.0 Å². The van der Waals surface area contributed by atoms with Gasteiger partial charge in [0.15, 0.2) is 0 Å². The first-order chi connectivity index (χ1) is 6.76. The third-order valence-electron chi connectivity index (χ3n) is 2.01. The summed E-state index contributed by atoms with van der Waals surface area (Å²) in [5.41, 5.74) is 1.45. The van der Waals surface area contributed by atoms with E-state index < -0.39 is 0 Å². The lowest BCUT2D eigenvalue weighted by Gasteiger charge is -2.06. The van der Waals surface area contributed by atoms with Crippen molar-refractivity contribution in [3.8, 4) is 0 Å². The number of hydrogen-bond acceptors (Lipinski definition) is 4. The largest absolute Gasteiger partial charge is 0.219 e. The van der Waals surface area contributed by atoms with Crippen LogP contribution in [0.15, 0.2) is 30.3 Å². The minimum atomic E-state index is 0.709. The average molecular weight is 200 g/mol. The van der Waals surface area contributed by atoms with E-state index in [9.17, 15) is 0 Å². The molecule has 0 heterocycles. The van der Waals surface area contributed by atoms with Crippen molar-refractivity contribution in [2.75, 3.05) is 0 Å². The molecule has 0 amide bonds. The third-order valence-corrected chi connectivity index (χ3v) is 2.01. The molecule has 0 bridgehead atoms. The first-order valence-electron chi connectivity index (χ1n) is 4.42. The lowest BCUT2D eigenvalue weighted by atomic mass is 9.99. The fourth-order valence-electron chi connectivity index (χ4n) is 1.02. The highest BCUT2D eigenvalue weighted by atomic mass is 17.6. The number of hydrogen-bond donors (Lipinski definition) is 2. The fraction of sp³-hybridized carbons (Fsp3) is 0.400. The van der Waals surface area contributed by atoms with Crippen molar-refractivity contribution in [2.24, 2.45) is 0 Å². The van der Waals surface area contributed by atoms with Crippen LogP contribution in [-0.4, -0.2) is 10.5 Å². The molecule has 0 aliphatic rings. The van der Waals surface area contributed by atoms with Gasteiger partial charge in [0.05, 0.1) is 0 Å². The van der Waals surface area contributed by atoms with Gasteiger partial charge in [-0.15, -0.1) is 0 Å². The molecule has 1 unspecified atom stereocenters. The smallest absolute Gasteiger partial charge is 0.0193 e. The van der Waals surface area contributed by atoms with Gasteiger partial charge in [0.25, 0.3) is 0 Å². The Kier molecular flexibility index (Phi) is 8.07. The van der Waals surface area contributed by atoms with Gasteiger partial charge < -0.3 is 0 Å². The molecule has 0 fully saturated rings. The van der Waals surface area contributed by atoms with E-state index in [0.717, 1.165) is 0 Å². The summed E-state index contributed by atoms with van der Waals surface area (Å²) in [7, 11) is 0. The van der Waals surface area contributed by atoms with Crippen molar-refractivity contribution in [3.63, 3.8) is 0 Å². The Bertz CT molecular complexity index is 211. The zero-order valence-electron chi connectivity index (χ0n) is 8.38. The minimum Gasteiger partial charge on any atom is -0.219 e. The molecule has 80 valence electrons. The summed E-state index contributed by atoms with van der Waals surface area (Å²) in [6, 6.07) is 10.6. The highest BCUT2D eigenvalue weighted by Gasteiger charge is 1.98. The van der Waals surface area contributed by atoms with Crippen LogP contribution in [0, 0.1) is 0 Å². The van der Waals surface area contributed by atoms with Gasteiger partial charge in [-0.05, 0) is 28.0 Å². The predicted octanol–water partition coefficient (Wildman–Crippen LogP) is 3.08. The molecule has 1 rings (SSSR count). The molecule has 4 nitrogen and oxygen atoms in total. The van der Waals surface area contributed by atoms with Crippen LogP contribution >= 0.6 is 0 Å². The molecule has 1 atom stereocenters. The molecule has 4 heteroatoms. The monoisotopic (exact) mass is 200 g/mol. The third kappa shape index (κ3) is 5.66.